The fourth-order valence-electron chi connectivity index (χ4n) is 2.31. The molecule has 1 aromatic carbocycles. The third-order valence-electron chi connectivity index (χ3n) is 3.45. The van der Waals surface area contributed by atoms with Gasteiger partial charge in [0.25, 0.3) is 0 Å². The van der Waals surface area contributed by atoms with Crippen LogP contribution in [0.15, 0.2) is 24.3 Å². The number of carbonyl (C=O) groups is 2. The first kappa shape index (κ1) is 13.5. The zero-order valence-corrected chi connectivity index (χ0v) is 10.7. The summed E-state index contributed by atoms with van der Waals surface area (Å²) in [6, 6.07) is 7.11. The molecule has 19 heavy (non-hydrogen) atoms. The first-order valence-corrected chi connectivity index (χ1v) is 6.06. The van der Waals surface area contributed by atoms with E-state index in [0.29, 0.717) is 17.9 Å². The minimum absolute atomic E-state index is 0.0841. The van der Waals surface area contributed by atoms with Gasteiger partial charge < -0.3 is 14.6 Å². The summed E-state index contributed by atoms with van der Waals surface area (Å²) >= 11 is 0. The van der Waals surface area contributed by atoms with Crippen molar-refractivity contribution in [2.75, 3.05) is 20.3 Å². The van der Waals surface area contributed by atoms with E-state index in [2.05, 4.69) is 0 Å². The number of hydrogen-bond donors (Lipinski definition) is 1. The molecule has 1 aliphatic heterocycles. The summed E-state index contributed by atoms with van der Waals surface area (Å²) in [4.78, 5) is 23.6. The SMILES string of the molecule is COc1ccccc1CC1(C(=O)O)COCCC1=O. The van der Waals surface area contributed by atoms with E-state index in [1.807, 2.05) is 0 Å². The van der Waals surface area contributed by atoms with E-state index < -0.39 is 11.4 Å². The topological polar surface area (TPSA) is 72.8 Å². The lowest BCUT2D eigenvalue weighted by Crippen LogP contribution is -2.48. The van der Waals surface area contributed by atoms with Crippen molar-refractivity contribution in [1.29, 1.82) is 0 Å². The molecule has 0 saturated carbocycles. The standard InChI is InChI=1S/C14H16O5/c1-18-11-5-3-2-4-10(11)8-14(13(16)17)9-19-7-6-12(14)15/h2-5H,6-9H2,1H3,(H,16,17). The molecule has 5 heteroatoms. The van der Waals surface area contributed by atoms with Crippen molar-refractivity contribution in [3.63, 3.8) is 0 Å². The van der Waals surface area contributed by atoms with Gasteiger partial charge in [-0.15, -0.1) is 0 Å². The Bertz CT molecular complexity index is 496. The van der Waals surface area contributed by atoms with Crippen molar-refractivity contribution in [3.05, 3.63) is 29.8 Å². The van der Waals surface area contributed by atoms with Crippen LogP contribution in [0.4, 0.5) is 0 Å². The minimum atomic E-state index is -1.49. The molecule has 1 fully saturated rings. The number of carboxylic acid groups (broad SMARTS) is 1. The molecule has 1 unspecified atom stereocenters. The highest BCUT2D eigenvalue weighted by Gasteiger charge is 2.48. The Labute approximate surface area is 111 Å². The van der Waals surface area contributed by atoms with Crippen molar-refractivity contribution in [2.45, 2.75) is 12.8 Å². The monoisotopic (exact) mass is 264 g/mol. The van der Waals surface area contributed by atoms with E-state index in [1.54, 1.807) is 24.3 Å². The quantitative estimate of drug-likeness (QED) is 0.830. The molecule has 0 amide bonds. The Morgan fingerprint density at radius 1 is 1.47 bits per heavy atom. The molecule has 1 N–H and O–H groups in total. The third kappa shape index (κ3) is 2.46. The number of benzene rings is 1. The Balaban J connectivity index is 2.36. The van der Waals surface area contributed by atoms with Crippen molar-refractivity contribution < 1.29 is 24.2 Å². The molecule has 1 atom stereocenters. The molecule has 0 aliphatic carbocycles. The van der Waals surface area contributed by atoms with Gasteiger partial charge in [-0.2, -0.15) is 0 Å². The lowest BCUT2D eigenvalue weighted by atomic mass is 9.76. The van der Waals surface area contributed by atoms with Crippen LogP contribution in [0, 0.1) is 5.41 Å². The van der Waals surface area contributed by atoms with Gasteiger partial charge in [-0.05, 0) is 11.6 Å². The molecule has 2 rings (SSSR count). The summed E-state index contributed by atoms with van der Waals surface area (Å²) in [6.07, 6.45) is 0.229. The van der Waals surface area contributed by atoms with Gasteiger partial charge in [0, 0.05) is 12.8 Å². The Kier molecular flexibility index (Phi) is 3.85. The number of hydrogen-bond acceptors (Lipinski definition) is 4. The molecule has 0 spiro atoms. The first-order valence-electron chi connectivity index (χ1n) is 6.06. The van der Waals surface area contributed by atoms with E-state index in [4.69, 9.17) is 9.47 Å². The number of methoxy groups -OCH3 is 1. The van der Waals surface area contributed by atoms with Crippen LogP contribution in [0.1, 0.15) is 12.0 Å². The number of rotatable bonds is 4. The second kappa shape index (κ2) is 5.40. The molecular weight excluding hydrogens is 248 g/mol. The Morgan fingerprint density at radius 3 is 2.84 bits per heavy atom. The number of ether oxygens (including phenoxy) is 2. The van der Waals surface area contributed by atoms with Crippen LogP contribution in [0.3, 0.4) is 0 Å². The van der Waals surface area contributed by atoms with E-state index in [9.17, 15) is 14.7 Å². The lowest BCUT2D eigenvalue weighted by molar-refractivity contribution is -0.164. The van der Waals surface area contributed by atoms with Crippen molar-refractivity contribution in [1.82, 2.24) is 0 Å². The number of ketones is 1. The van der Waals surface area contributed by atoms with Crippen molar-refractivity contribution in [3.8, 4) is 5.75 Å². The van der Waals surface area contributed by atoms with Gasteiger partial charge in [-0.3, -0.25) is 9.59 Å². The molecule has 1 aliphatic rings. The van der Waals surface area contributed by atoms with Gasteiger partial charge in [-0.25, -0.2) is 0 Å². The van der Waals surface area contributed by atoms with Gasteiger partial charge in [0.2, 0.25) is 0 Å². The van der Waals surface area contributed by atoms with Gasteiger partial charge >= 0.3 is 5.97 Å². The zero-order valence-electron chi connectivity index (χ0n) is 10.7. The third-order valence-corrected chi connectivity index (χ3v) is 3.45. The minimum Gasteiger partial charge on any atom is -0.496 e. The summed E-state index contributed by atoms with van der Waals surface area (Å²) in [5, 5.41) is 9.44. The summed E-state index contributed by atoms with van der Waals surface area (Å²) in [5.41, 5.74) is -0.793. The highest BCUT2D eigenvalue weighted by atomic mass is 16.5. The Hall–Kier alpha value is -1.88. The highest BCUT2D eigenvalue weighted by molar-refractivity contribution is 6.04. The fourth-order valence-corrected chi connectivity index (χ4v) is 2.31. The molecule has 102 valence electrons. The molecule has 0 radical (unpaired) electrons. The van der Waals surface area contributed by atoms with Crippen LogP contribution >= 0.6 is 0 Å². The van der Waals surface area contributed by atoms with Crippen LogP contribution < -0.4 is 4.74 Å². The average Bonchev–Trinajstić information content (AvgIpc) is 2.41. The molecular formula is C14H16O5. The van der Waals surface area contributed by atoms with Crippen molar-refractivity contribution in [2.24, 2.45) is 5.41 Å². The number of aliphatic carboxylic acids is 1. The average molecular weight is 264 g/mol. The van der Waals surface area contributed by atoms with Crippen LogP contribution in [-0.2, 0) is 20.7 Å². The second-order valence-electron chi connectivity index (χ2n) is 4.60. The van der Waals surface area contributed by atoms with Crippen LogP contribution in [0.5, 0.6) is 5.75 Å². The summed E-state index contributed by atoms with van der Waals surface area (Å²) in [6.45, 7) is 0.207. The summed E-state index contributed by atoms with van der Waals surface area (Å²) in [5.74, 6) is -0.832. The molecule has 0 aromatic heterocycles. The van der Waals surface area contributed by atoms with Gasteiger partial charge in [0.1, 0.15) is 5.75 Å². The second-order valence-corrected chi connectivity index (χ2v) is 4.60. The highest BCUT2D eigenvalue weighted by Crippen LogP contribution is 2.33. The number of para-hydroxylation sites is 1. The number of carboxylic acids is 1. The molecule has 5 nitrogen and oxygen atoms in total. The summed E-state index contributed by atoms with van der Waals surface area (Å²) in [7, 11) is 1.52. The molecule has 1 aromatic rings. The van der Waals surface area contributed by atoms with Crippen LogP contribution in [0.2, 0.25) is 0 Å². The largest absolute Gasteiger partial charge is 0.496 e. The fraction of sp³-hybridized carbons (Fsp3) is 0.429. The predicted octanol–water partition coefficient (Wildman–Crippen LogP) is 1.30. The molecule has 1 saturated heterocycles. The number of carbonyl (C=O) groups excluding carboxylic acids is 1. The van der Waals surface area contributed by atoms with Gasteiger partial charge in [0.15, 0.2) is 11.2 Å². The van der Waals surface area contributed by atoms with Crippen LogP contribution in [-0.4, -0.2) is 37.2 Å². The maximum absolute atomic E-state index is 12.1. The van der Waals surface area contributed by atoms with E-state index >= 15 is 0 Å². The molecule has 1 heterocycles. The predicted molar refractivity (Wildman–Crippen MR) is 67.2 cm³/mol. The first-order chi connectivity index (χ1) is 9.10. The van der Waals surface area contributed by atoms with E-state index in [0.717, 1.165) is 0 Å². The van der Waals surface area contributed by atoms with E-state index in [-0.39, 0.29) is 25.2 Å². The van der Waals surface area contributed by atoms with Crippen LogP contribution in [0.25, 0.3) is 0 Å². The Morgan fingerprint density at radius 2 is 2.21 bits per heavy atom. The van der Waals surface area contributed by atoms with Crippen molar-refractivity contribution >= 4 is 11.8 Å². The normalized spacial score (nSPS) is 23.1. The maximum Gasteiger partial charge on any atom is 0.319 e. The maximum atomic E-state index is 12.1. The van der Waals surface area contributed by atoms with E-state index in [1.165, 1.54) is 7.11 Å². The molecule has 0 bridgehead atoms. The smallest absolute Gasteiger partial charge is 0.319 e. The number of Topliss-reactive ketones (excluding diaryl/α,β-unsaturated/α-hetero) is 1. The van der Waals surface area contributed by atoms with Gasteiger partial charge in [0.05, 0.1) is 20.3 Å². The summed E-state index contributed by atoms with van der Waals surface area (Å²) < 4.78 is 10.4. The zero-order chi connectivity index (χ0) is 13.9. The van der Waals surface area contributed by atoms with Gasteiger partial charge in [-0.1, -0.05) is 18.2 Å². The lowest BCUT2D eigenvalue weighted by Gasteiger charge is -2.31.